The van der Waals surface area contributed by atoms with Gasteiger partial charge >= 0.3 is 0 Å². The van der Waals surface area contributed by atoms with Gasteiger partial charge in [-0.1, -0.05) is 36.4 Å². The molecule has 0 aromatic heterocycles. The topological polar surface area (TPSA) is 53.1 Å². The maximum Gasteiger partial charge on any atom is 0.227 e. The first-order valence-corrected chi connectivity index (χ1v) is 11.3. The number of piperidine rings is 1. The van der Waals surface area contributed by atoms with E-state index >= 15 is 0 Å². The fourth-order valence-corrected chi connectivity index (χ4v) is 4.68. The molecule has 3 aliphatic heterocycles. The highest BCUT2D eigenvalue weighted by Gasteiger charge is 2.33. The summed E-state index contributed by atoms with van der Waals surface area (Å²) in [4.78, 5) is 31.8. The van der Waals surface area contributed by atoms with Gasteiger partial charge in [-0.05, 0) is 30.4 Å². The van der Waals surface area contributed by atoms with Crippen LogP contribution >= 0.6 is 0 Å². The lowest BCUT2D eigenvalue weighted by Gasteiger charge is -2.36. The van der Waals surface area contributed by atoms with Gasteiger partial charge in [0, 0.05) is 52.2 Å². The summed E-state index contributed by atoms with van der Waals surface area (Å²) in [6.07, 6.45) is 5.21. The van der Waals surface area contributed by atoms with E-state index < -0.39 is 0 Å². The van der Waals surface area contributed by atoms with Crippen molar-refractivity contribution in [3.8, 4) is 0 Å². The minimum absolute atomic E-state index is 0.0576. The van der Waals surface area contributed by atoms with Gasteiger partial charge in [-0.25, -0.2) is 0 Å². The summed E-state index contributed by atoms with van der Waals surface area (Å²) in [5.74, 6) is 0.354. The number of ether oxygens (including phenoxy) is 1. The number of rotatable bonds is 6. The quantitative estimate of drug-likeness (QED) is 0.721. The van der Waals surface area contributed by atoms with Gasteiger partial charge in [0.15, 0.2) is 0 Å². The molecule has 162 valence electrons. The van der Waals surface area contributed by atoms with Crippen LogP contribution in [0.5, 0.6) is 0 Å². The van der Waals surface area contributed by atoms with E-state index in [-0.39, 0.29) is 17.7 Å². The molecule has 0 spiro atoms. The van der Waals surface area contributed by atoms with Crippen molar-refractivity contribution in [3.05, 3.63) is 42.0 Å². The van der Waals surface area contributed by atoms with Crippen molar-refractivity contribution in [2.45, 2.75) is 25.7 Å². The molecule has 30 heavy (non-hydrogen) atoms. The van der Waals surface area contributed by atoms with E-state index in [0.29, 0.717) is 25.9 Å². The zero-order valence-electron chi connectivity index (χ0n) is 17.8. The molecule has 2 saturated heterocycles. The Bertz CT molecular complexity index is 758. The molecule has 0 aliphatic carbocycles. The van der Waals surface area contributed by atoms with Crippen LogP contribution in [0.25, 0.3) is 5.57 Å². The first kappa shape index (κ1) is 21.1. The van der Waals surface area contributed by atoms with Crippen LogP contribution in [-0.2, 0) is 14.3 Å². The fraction of sp³-hybridized carbons (Fsp3) is 0.583. The third-order valence-corrected chi connectivity index (χ3v) is 6.52. The summed E-state index contributed by atoms with van der Waals surface area (Å²) in [6.45, 7) is 7.30. The number of hydrogen-bond donors (Lipinski definition) is 0. The van der Waals surface area contributed by atoms with Crippen molar-refractivity contribution < 1.29 is 14.3 Å². The second-order valence-electron chi connectivity index (χ2n) is 8.51. The minimum atomic E-state index is -0.0576. The zero-order valence-corrected chi connectivity index (χ0v) is 17.8. The largest absolute Gasteiger partial charge is 0.379 e. The molecule has 1 unspecified atom stereocenters. The van der Waals surface area contributed by atoms with Crippen molar-refractivity contribution >= 4 is 17.4 Å². The van der Waals surface area contributed by atoms with Crippen molar-refractivity contribution in [2.75, 3.05) is 59.0 Å². The van der Waals surface area contributed by atoms with E-state index in [1.165, 1.54) is 11.1 Å². The van der Waals surface area contributed by atoms with E-state index in [2.05, 4.69) is 35.2 Å². The molecular weight excluding hydrogens is 378 g/mol. The molecule has 0 bridgehead atoms. The van der Waals surface area contributed by atoms with Gasteiger partial charge in [-0.3, -0.25) is 14.5 Å². The third kappa shape index (κ3) is 5.29. The summed E-state index contributed by atoms with van der Waals surface area (Å²) in [5.41, 5.74) is 2.57. The first-order valence-electron chi connectivity index (χ1n) is 11.3. The van der Waals surface area contributed by atoms with Crippen molar-refractivity contribution in [1.29, 1.82) is 0 Å². The highest BCUT2D eigenvalue weighted by Crippen LogP contribution is 2.25. The van der Waals surface area contributed by atoms with Crippen LogP contribution in [-0.4, -0.2) is 85.5 Å². The van der Waals surface area contributed by atoms with E-state index in [1.807, 2.05) is 15.9 Å². The molecule has 2 fully saturated rings. The van der Waals surface area contributed by atoms with Gasteiger partial charge in [-0.15, -0.1) is 0 Å². The van der Waals surface area contributed by atoms with Crippen LogP contribution in [0.4, 0.5) is 0 Å². The SMILES string of the molecule is O=C1CCC(C(=O)N2CC=C(c3ccccc3)CC2)CN1CCCN1CCOCC1. The Labute approximate surface area is 179 Å². The molecule has 1 atom stereocenters. The van der Waals surface area contributed by atoms with Crippen LogP contribution in [0.3, 0.4) is 0 Å². The number of amides is 2. The standard InChI is InChI=1S/C24H33N3O3/c28-23-8-7-22(19-27(23)12-4-11-25-15-17-30-18-16-25)24(29)26-13-9-21(10-14-26)20-5-2-1-3-6-20/h1-3,5-6,9,22H,4,7-8,10-19H2. The second kappa shape index (κ2) is 10.2. The Morgan fingerprint density at radius 2 is 1.83 bits per heavy atom. The number of hydrogen-bond acceptors (Lipinski definition) is 4. The number of morpholine rings is 1. The Morgan fingerprint density at radius 1 is 1.03 bits per heavy atom. The lowest BCUT2D eigenvalue weighted by Crippen LogP contribution is -2.48. The summed E-state index contributed by atoms with van der Waals surface area (Å²) in [7, 11) is 0. The third-order valence-electron chi connectivity index (χ3n) is 6.52. The van der Waals surface area contributed by atoms with E-state index in [4.69, 9.17) is 4.74 Å². The average molecular weight is 412 g/mol. The van der Waals surface area contributed by atoms with Gasteiger partial charge in [-0.2, -0.15) is 0 Å². The first-order chi connectivity index (χ1) is 14.7. The van der Waals surface area contributed by atoms with Crippen molar-refractivity contribution in [2.24, 2.45) is 5.92 Å². The number of likely N-dealkylation sites (tertiary alicyclic amines) is 1. The zero-order chi connectivity index (χ0) is 20.8. The van der Waals surface area contributed by atoms with Gasteiger partial charge in [0.25, 0.3) is 0 Å². The predicted octanol–water partition coefficient (Wildman–Crippen LogP) is 2.26. The summed E-state index contributed by atoms with van der Waals surface area (Å²) in [5, 5.41) is 0. The van der Waals surface area contributed by atoms with Gasteiger partial charge in [0.05, 0.1) is 19.1 Å². The van der Waals surface area contributed by atoms with Gasteiger partial charge < -0.3 is 14.5 Å². The number of benzene rings is 1. The van der Waals surface area contributed by atoms with Crippen LogP contribution in [0.15, 0.2) is 36.4 Å². The molecule has 4 rings (SSSR count). The summed E-state index contributed by atoms with van der Waals surface area (Å²) < 4.78 is 5.39. The smallest absolute Gasteiger partial charge is 0.227 e. The maximum atomic E-state index is 13.1. The highest BCUT2D eigenvalue weighted by atomic mass is 16.5. The minimum Gasteiger partial charge on any atom is -0.379 e. The molecule has 1 aromatic carbocycles. The van der Waals surface area contributed by atoms with Gasteiger partial charge in [0.2, 0.25) is 11.8 Å². The number of nitrogens with zero attached hydrogens (tertiary/aromatic N) is 3. The lowest BCUT2D eigenvalue weighted by atomic mass is 9.94. The van der Waals surface area contributed by atoms with Crippen molar-refractivity contribution in [1.82, 2.24) is 14.7 Å². The summed E-state index contributed by atoms with van der Waals surface area (Å²) >= 11 is 0. The van der Waals surface area contributed by atoms with E-state index in [9.17, 15) is 9.59 Å². The molecule has 6 nitrogen and oxygen atoms in total. The van der Waals surface area contributed by atoms with Gasteiger partial charge in [0.1, 0.15) is 0 Å². The monoisotopic (exact) mass is 411 g/mol. The Balaban J connectivity index is 1.26. The molecule has 2 amide bonds. The van der Waals surface area contributed by atoms with E-state index in [0.717, 1.165) is 58.8 Å². The summed E-state index contributed by atoms with van der Waals surface area (Å²) in [6, 6.07) is 10.4. The lowest BCUT2D eigenvalue weighted by molar-refractivity contribution is -0.142. The molecule has 0 saturated carbocycles. The van der Waals surface area contributed by atoms with Crippen LogP contribution in [0.1, 0.15) is 31.2 Å². The Kier molecular flexibility index (Phi) is 7.18. The molecule has 0 radical (unpaired) electrons. The highest BCUT2D eigenvalue weighted by molar-refractivity contribution is 5.84. The van der Waals surface area contributed by atoms with E-state index in [1.54, 1.807) is 0 Å². The number of carbonyl (C=O) groups is 2. The van der Waals surface area contributed by atoms with Crippen molar-refractivity contribution in [3.63, 3.8) is 0 Å². The normalized spacial score (nSPS) is 23.4. The van der Waals surface area contributed by atoms with Crippen LogP contribution < -0.4 is 0 Å². The maximum absolute atomic E-state index is 13.1. The molecule has 6 heteroatoms. The van der Waals surface area contributed by atoms with Crippen LogP contribution in [0, 0.1) is 5.92 Å². The second-order valence-corrected chi connectivity index (χ2v) is 8.51. The predicted molar refractivity (Wildman–Crippen MR) is 117 cm³/mol. The molecular formula is C24H33N3O3. The number of carbonyl (C=O) groups excluding carboxylic acids is 2. The molecule has 1 aromatic rings. The molecule has 0 N–H and O–H groups in total. The molecule has 3 heterocycles. The Hall–Kier alpha value is -2.18. The molecule has 3 aliphatic rings. The van der Waals surface area contributed by atoms with Crippen LogP contribution in [0.2, 0.25) is 0 Å². The average Bonchev–Trinajstić information content (AvgIpc) is 2.81. The Morgan fingerprint density at radius 3 is 2.57 bits per heavy atom. The fourth-order valence-electron chi connectivity index (χ4n) is 4.68.